The largest absolute Gasteiger partial charge is 0.326 e. The molecular weight excluding hydrogens is 326 g/mol. The van der Waals surface area contributed by atoms with Crippen molar-refractivity contribution in [3.8, 4) is 0 Å². The highest BCUT2D eigenvalue weighted by atomic mass is 19.2. The number of nitrogens with one attached hydrogen (secondary N) is 2. The second-order valence-electron chi connectivity index (χ2n) is 5.58. The Morgan fingerprint density at radius 2 is 1.80 bits per heavy atom. The van der Waals surface area contributed by atoms with Crippen LogP contribution >= 0.6 is 0 Å². The normalized spacial score (nSPS) is 10.5. The molecule has 0 heterocycles. The minimum Gasteiger partial charge on any atom is -0.326 e. The molecule has 6 heteroatoms. The lowest BCUT2D eigenvalue weighted by Crippen LogP contribution is -2.15. The molecule has 0 aliphatic heterocycles. The molecule has 0 bridgehead atoms. The Hall–Kier alpha value is -2.60. The van der Waals surface area contributed by atoms with E-state index in [0.29, 0.717) is 12.2 Å². The van der Waals surface area contributed by atoms with Crippen LogP contribution in [0.5, 0.6) is 0 Å². The summed E-state index contributed by atoms with van der Waals surface area (Å²) in [7, 11) is 0. The molecule has 132 valence electrons. The number of hydrogen-bond acceptors (Lipinski definition) is 3. The molecular formula is C19H20F2N2O2. The lowest BCUT2D eigenvalue weighted by Gasteiger charge is -2.08. The number of benzene rings is 2. The van der Waals surface area contributed by atoms with Crippen LogP contribution in [0.25, 0.3) is 0 Å². The smallest absolute Gasteiger partial charge is 0.224 e. The van der Waals surface area contributed by atoms with Gasteiger partial charge in [0.2, 0.25) is 5.91 Å². The number of anilines is 1. The first kappa shape index (κ1) is 18.7. The summed E-state index contributed by atoms with van der Waals surface area (Å²) in [4.78, 5) is 23.9. The number of amides is 1. The highest BCUT2D eigenvalue weighted by Crippen LogP contribution is 2.14. The highest BCUT2D eigenvalue weighted by molar-refractivity contribution is 6.00. The first-order chi connectivity index (χ1) is 12.0. The van der Waals surface area contributed by atoms with Crippen LogP contribution in [0.3, 0.4) is 0 Å². The minimum absolute atomic E-state index is 0.0325. The van der Waals surface area contributed by atoms with Crippen molar-refractivity contribution in [2.75, 3.05) is 11.9 Å². The third-order valence-electron chi connectivity index (χ3n) is 3.61. The van der Waals surface area contributed by atoms with Gasteiger partial charge in [-0.05, 0) is 42.4 Å². The Bertz CT molecular complexity index is 763. The van der Waals surface area contributed by atoms with E-state index in [1.54, 1.807) is 6.07 Å². The molecule has 0 fully saturated rings. The highest BCUT2D eigenvalue weighted by Gasteiger charge is 2.12. The van der Waals surface area contributed by atoms with Crippen molar-refractivity contribution < 1.29 is 18.4 Å². The Labute approximate surface area is 145 Å². The number of carbonyl (C=O) groups excluding carboxylic acids is 2. The summed E-state index contributed by atoms with van der Waals surface area (Å²) in [6.07, 6.45) is -0.108. The van der Waals surface area contributed by atoms with E-state index in [2.05, 4.69) is 10.6 Å². The zero-order chi connectivity index (χ0) is 18.2. The molecule has 0 spiro atoms. The van der Waals surface area contributed by atoms with Crippen molar-refractivity contribution in [1.29, 1.82) is 0 Å². The van der Waals surface area contributed by atoms with Gasteiger partial charge >= 0.3 is 0 Å². The fourth-order valence-corrected chi connectivity index (χ4v) is 2.29. The Morgan fingerprint density at radius 1 is 1.00 bits per heavy atom. The van der Waals surface area contributed by atoms with Crippen LogP contribution in [0.15, 0.2) is 42.5 Å². The molecule has 2 rings (SSSR count). The maximum Gasteiger partial charge on any atom is 0.224 e. The monoisotopic (exact) mass is 346 g/mol. The van der Waals surface area contributed by atoms with Crippen LogP contribution in [0, 0.1) is 11.6 Å². The molecule has 0 radical (unpaired) electrons. The van der Waals surface area contributed by atoms with Gasteiger partial charge in [-0.1, -0.05) is 19.1 Å². The van der Waals surface area contributed by atoms with Gasteiger partial charge in [-0.2, -0.15) is 0 Å². The SMILES string of the molecule is CCNCc1cccc(NC(=O)CCC(=O)c2ccc(F)c(F)c2)c1. The molecule has 0 saturated heterocycles. The van der Waals surface area contributed by atoms with E-state index in [1.807, 2.05) is 25.1 Å². The van der Waals surface area contributed by atoms with E-state index >= 15 is 0 Å². The number of hydrogen-bond donors (Lipinski definition) is 2. The van der Waals surface area contributed by atoms with E-state index in [4.69, 9.17) is 0 Å². The van der Waals surface area contributed by atoms with Crippen LogP contribution in [0.1, 0.15) is 35.7 Å². The topological polar surface area (TPSA) is 58.2 Å². The number of rotatable bonds is 8. The lowest BCUT2D eigenvalue weighted by molar-refractivity contribution is -0.116. The van der Waals surface area contributed by atoms with Gasteiger partial charge in [-0.3, -0.25) is 9.59 Å². The summed E-state index contributed by atoms with van der Waals surface area (Å²) >= 11 is 0. The summed E-state index contributed by atoms with van der Waals surface area (Å²) in [5.41, 5.74) is 1.75. The van der Waals surface area contributed by atoms with Crippen molar-refractivity contribution in [2.45, 2.75) is 26.3 Å². The van der Waals surface area contributed by atoms with Crippen molar-refractivity contribution >= 4 is 17.4 Å². The Morgan fingerprint density at radius 3 is 2.52 bits per heavy atom. The van der Waals surface area contributed by atoms with Crippen LogP contribution in [0.2, 0.25) is 0 Å². The zero-order valence-electron chi connectivity index (χ0n) is 13.9. The third kappa shape index (κ3) is 5.76. The van der Waals surface area contributed by atoms with E-state index in [0.717, 1.165) is 24.2 Å². The summed E-state index contributed by atoms with van der Waals surface area (Å²) in [6.45, 7) is 3.56. The maximum absolute atomic E-state index is 13.1. The van der Waals surface area contributed by atoms with Crippen molar-refractivity contribution in [3.63, 3.8) is 0 Å². The first-order valence-electron chi connectivity index (χ1n) is 8.07. The molecule has 0 saturated carbocycles. The van der Waals surface area contributed by atoms with Gasteiger partial charge < -0.3 is 10.6 Å². The van der Waals surface area contributed by atoms with Gasteiger partial charge in [0.05, 0.1) is 0 Å². The summed E-state index contributed by atoms with van der Waals surface area (Å²) in [5.74, 6) is -2.80. The average molecular weight is 346 g/mol. The number of Topliss-reactive ketones (excluding diaryl/α,β-unsaturated/α-hetero) is 1. The van der Waals surface area contributed by atoms with Gasteiger partial charge in [-0.15, -0.1) is 0 Å². The van der Waals surface area contributed by atoms with Crippen molar-refractivity contribution in [1.82, 2.24) is 5.32 Å². The quantitative estimate of drug-likeness (QED) is 0.717. The molecule has 2 aromatic carbocycles. The first-order valence-corrected chi connectivity index (χ1v) is 8.07. The van der Waals surface area contributed by atoms with Crippen molar-refractivity contribution in [3.05, 3.63) is 65.2 Å². The Balaban J connectivity index is 1.87. The minimum atomic E-state index is -1.08. The molecule has 0 atom stereocenters. The summed E-state index contributed by atoms with van der Waals surface area (Å²) in [5, 5.41) is 5.93. The van der Waals surface area contributed by atoms with Crippen LogP contribution in [0.4, 0.5) is 14.5 Å². The van der Waals surface area contributed by atoms with Crippen molar-refractivity contribution in [2.24, 2.45) is 0 Å². The van der Waals surface area contributed by atoms with Gasteiger partial charge in [0.1, 0.15) is 0 Å². The predicted molar refractivity (Wildman–Crippen MR) is 92.4 cm³/mol. The van der Waals surface area contributed by atoms with E-state index in [9.17, 15) is 18.4 Å². The molecule has 0 aliphatic carbocycles. The summed E-state index contributed by atoms with van der Waals surface area (Å²) in [6, 6.07) is 10.4. The van der Waals surface area contributed by atoms with E-state index < -0.39 is 17.4 Å². The van der Waals surface area contributed by atoms with E-state index in [1.165, 1.54) is 6.07 Å². The standard InChI is InChI=1S/C19H20F2N2O2/c1-2-22-12-13-4-3-5-15(10-13)23-19(25)9-8-18(24)14-6-7-16(20)17(21)11-14/h3-7,10-11,22H,2,8-9,12H2,1H3,(H,23,25). The predicted octanol–water partition coefficient (Wildman–Crippen LogP) is 3.68. The Kier molecular flexibility index (Phi) is 6.77. The number of ketones is 1. The van der Waals surface area contributed by atoms with Crippen LogP contribution < -0.4 is 10.6 Å². The fraction of sp³-hybridized carbons (Fsp3) is 0.263. The van der Waals surface area contributed by atoms with Gasteiger partial charge in [0.15, 0.2) is 17.4 Å². The molecule has 25 heavy (non-hydrogen) atoms. The van der Waals surface area contributed by atoms with Gasteiger partial charge in [0.25, 0.3) is 0 Å². The fourth-order valence-electron chi connectivity index (χ4n) is 2.29. The molecule has 0 aromatic heterocycles. The molecule has 4 nitrogen and oxygen atoms in total. The second kappa shape index (κ2) is 9.03. The van der Waals surface area contributed by atoms with Gasteiger partial charge in [-0.25, -0.2) is 8.78 Å². The lowest BCUT2D eigenvalue weighted by atomic mass is 10.1. The number of carbonyl (C=O) groups is 2. The van der Waals surface area contributed by atoms with Crippen LogP contribution in [-0.4, -0.2) is 18.2 Å². The summed E-state index contributed by atoms with van der Waals surface area (Å²) < 4.78 is 26.0. The molecule has 2 aromatic rings. The average Bonchev–Trinajstić information content (AvgIpc) is 2.60. The third-order valence-corrected chi connectivity index (χ3v) is 3.61. The van der Waals surface area contributed by atoms with Gasteiger partial charge in [0, 0.05) is 30.6 Å². The molecule has 0 aliphatic rings. The maximum atomic E-state index is 13.1. The molecule has 0 unspecified atom stereocenters. The van der Waals surface area contributed by atoms with E-state index in [-0.39, 0.29) is 24.3 Å². The second-order valence-corrected chi connectivity index (χ2v) is 5.58. The van der Waals surface area contributed by atoms with Crippen LogP contribution in [-0.2, 0) is 11.3 Å². The number of halogens is 2. The molecule has 2 N–H and O–H groups in total. The molecule has 1 amide bonds. The zero-order valence-corrected chi connectivity index (χ0v) is 13.9.